The Labute approximate surface area is 174 Å². The quantitative estimate of drug-likeness (QED) is 0.505. The zero-order valence-corrected chi connectivity index (χ0v) is 16.7. The van der Waals surface area contributed by atoms with Gasteiger partial charge in [-0.15, -0.1) is 11.3 Å². The van der Waals surface area contributed by atoms with Gasteiger partial charge in [0.1, 0.15) is 17.0 Å². The predicted molar refractivity (Wildman–Crippen MR) is 114 cm³/mol. The van der Waals surface area contributed by atoms with Crippen LogP contribution in [-0.4, -0.2) is 44.1 Å². The number of aromatic amines is 2. The van der Waals surface area contributed by atoms with Crippen LogP contribution in [0.15, 0.2) is 52.6 Å². The van der Waals surface area contributed by atoms with Crippen molar-refractivity contribution in [3.8, 4) is 10.4 Å². The Kier molecular flexibility index (Phi) is 4.85. The summed E-state index contributed by atoms with van der Waals surface area (Å²) in [5, 5.41) is 0.883. The second kappa shape index (κ2) is 7.81. The van der Waals surface area contributed by atoms with Crippen LogP contribution in [0.1, 0.15) is 12.1 Å². The van der Waals surface area contributed by atoms with Crippen molar-refractivity contribution in [1.29, 1.82) is 0 Å². The second-order valence-electron chi connectivity index (χ2n) is 7.00. The van der Waals surface area contributed by atoms with Gasteiger partial charge in [0.05, 0.1) is 29.4 Å². The lowest BCUT2D eigenvalue weighted by atomic mass is 10.2. The Bertz CT molecular complexity index is 1300. The van der Waals surface area contributed by atoms with Gasteiger partial charge in [-0.2, -0.15) is 0 Å². The number of hydrogen-bond acceptors (Lipinski definition) is 8. The molecule has 152 valence electrons. The van der Waals surface area contributed by atoms with E-state index < -0.39 is 11.2 Å². The van der Waals surface area contributed by atoms with Crippen LogP contribution in [-0.2, 0) is 11.3 Å². The molecule has 0 radical (unpaired) electrons. The van der Waals surface area contributed by atoms with Gasteiger partial charge < -0.3 is 14.6 Å². The number of pyridine rings is 1. The highest BCUT2D eigenvalue weighted by Crippen LogP contribution is 2.35. The zero-order valence-electron chi connectivity index (χ0n) is 15.9. The summed E-state index contributed by atoms with van der Waals surface area (Å²) in [5.74, 6) is 0.826. The molecule has 1 fully saturated rings. The first-order chi connectivity index (χ1) is 14.7. The van der Waals surface area contributed by atoms with E-state index in [0.717, 1.165) is 46.1 Å². The van der Waals surface area contributed by atoms with Crippen LogP contribution < -0.4 is 16.1 Å². The van der Waals surface area contributed by atoms with E-state index in [1.54, 1.807) is 6.20 Å². The van der Waals surface area contributed by atoms with Gasteiger partial charge in [-0.1, -0.05) is 6.07 Å². The molecule has 0 saturated carbocycles. The monoisotopic (exact) mass is 422 g/mol. The number of ether oxygens (including phenoxy) is 1. The van der Waals surface area contributed by atoms with Gasteiger partial charge in [-0.25, -0.2) is 14.8 Å². The van der Waals surface area contributed by atoms with E-state index in [4.69, 9.17) is 4.74 Å². The van der Waals surface area contributed by atoms with Crippen LogP contribution in [0.4, 0.5) is 5.82 Å². The van der Waals surface area contributed by atoms with Crippen molar-refractivity contribution in [3.63, 3.8) is 0 Å². The van der Waals surface area contributed by atoms with E-state index in [-0.39, 0.29) is 6.10 Å². The van der Waals surface area contributed by atoms with Crippen molar-refractivity contribution in [3.05, 3.63) is 69.5 Å². The normalized spacial score (nSPS) is 16.4. The number of fused-ring (bicyclic) bond motifs is 1. The summed E-state index contributed by atoms with van der Waals surface area (Å²) in [6, 6.07) is 7.69. The molecule has 0 amide bonds. The molecule has 1 atom stereocenters. The third kappa shape index (κ3) is 3.62. The van der Waals surface area contributed by atoms with Crippen LogP contribution in [0, 0.1) is 0 Å². The fourth-order valence-electron chi connectivity index (χ4n) is 3.56. The highest BCUT2D eigenvalue weighted by molar-refractivity contribution is 7.21. The molecule has 0 aromatic carbocycles. The van der Waals surface area contributed by atoms with Gasteiger partial charge in [0.25, 0.3) is 5.56 Å². The number of nitrogens with zero attached hydrogens (tertiary/aromatic N) is 4. The van der Waals surface area contributed by atoms with Gasteiger partial charge in [0.15, 0.2) is 0 Å². The highest BCUT2D eigenvalue weighted by atomic mass is 32.1. The summed E-state index contributed by atoms with van der Waals surface area (Å²) in [7, 11) is 0. The molecule has 9 nitrogen and oxygen atoms in total. The van der Waals surface area contributed by atoms with E-state index in [1.165, 1.54) is 23.9 Å². The Balaban J connectivity index is 1.38. The third-order valence-electron chi connectivity index (χ3n) is 5.03. The lowest BCUT2D eigenvalue weighted by Gasteiger charge is -2.18. The Morgan fingerprint density at radius 1 is 1.23 bits per heavy atom. The van der Waals surface area contributed by atoms with E-state index in [0.29, 0.717) is 12.2 Å². The molecule has 4 aromatic heterocycles. The molecule has 1 aliphatic heterocycles. The predicted octanol–water partition coefficient (Wildman–Crippen LogP) is 1.93. The van der Waals surface area contributed by atoms with Crippen molar-refractivity contribution < 1.29 is 4.74 Å². The maximum atomic E-state index is 12.2. The lowest BCUT2D eigenvalue weighted by Crippen LogP contribution is -2.24. The molecular weight excluding hydrogens is 404 g/mol. The van der Waals surface area contributed by atoms with Gasteiger partial charge in [0, 0.05) is 30.4 Å². The minimum Gasteiger partial charge on any atom is -0.370 e. The van der Waals surface area contributed by atoms with Crippen LogP contribution in [0.5, 0.6) is 0 Å². The Morgan fingerprint density at radius 2 is 2.17 bits per heavy atom. The summed E-state index contributed by atoms with van der Waals surface area (Å²) in [4.78, 5) is 45.1. The molecule has 1 aliphatic rings. The van der Waals surface area contributed by atoms with Crippen molar-refractivity contribution in [2.45, 2.75) is 19.1 Å². The maximum Gasteiger partial charge on any atom is 0.325 e. The maximum absolute atomic E-state index is 12.2. The molecule has 0 aliphatic carbocycles. The van der Waals surface area contributed by atoms with Crippen molar-refractivity contribution in [1.82, 2.24) is 24.9 Å². The molecule has 30 heavy (non-hydrogen) atoms. The minimum atomic E-state index is -0.529. The molecule has 5 heterocycles. The smallest absolute Gasteiger partial charge is 0.325 e. The van der Waals surface area contributed by atoms with Gasteiger partial charge >= 0.3 is 5.69 Å². The number of anilines is 1. The fraction of sp³-hybridized carbons (Fsp3) is 0.250. The number of H-pyrrole nitrogens is 2. The molecular formula is C20H18N6O3S. The molecule has 0 bridgehead atoms. The van der Waals surface area contributed by atoms with Crippen LogP contribution in [0.25, 0.3) is 20.7 Å². The van der Waals surface area contributed by atoms with E-state index in [9.17, 15) is 9.59 Å². The first-order valence-electron chi connectivity index (χ1n) is 9.51. The van der Waals surface area contributed by atoms with Crippen LogP contribution >= 0.6 is 11.3 Å². The number of thiophene rings is 1. The SMILES string of the molecule is O=c1[nH]cc(-c2cc3c(N4CCC(OCc5ccccn5)C4)ncnc3s2)c(=O)[nH]1. The van der Waals surface area contributed by atoms with E-state index in [1.807, 2.05) is 24.3 Å². The van der Waals surface area contributed by atoms with E-state index >= 15 is 0 Å². The second-order valence-corrected chi connectivity index (χ2v) is 8.03. The fourth-order valence-corrected chi connectivity index (χ4v) is 4.57. The van der Waals surface area contributed by atoms with Gasteiger partial charge in [-0.3, -0.25) is 14.8 Å². The Morgan fingerprint density at radius 3 is 3.00 bits per heavy atom. The number of rotatable bonds is 5. The summed E-state index contributed by atoms with van der Waals surface area (Å²) >= 11 is 1.39. The molecule has 5 rings (SSSR count). The van der Waals surface area contributed by atoms with Crippen LogP contribution in [0.3, 0.4) is 0 Å². The minimum absolute atomic E-state index is 0.0946. The summed E-state index contributed by atoms with van der Waals surface area (Å²) in [5.41, 5.74) is 0.360. The number of aromatic nitrogens is 5. The molecule has 2 N–H and O–H groups in total. The number of nitrogens with one attached hydrogen (secondary N) is 2. The van der Waals surface area contributed by atoms with Crippen molar-refractivity contribution in [2.75, 3.05) is 18.0 Å². The van der Waals surface area contributed by atoms with Crippen LogP contribution in [0.2, 0.25) is 0 Å². The lowest BCUT2D eigenvalue weighted by molar-refractivity contribution is 0.0533. The van der Waals surface area contributed by atoms with Crippen molar-refractivity contribution in [2.24, 2.45) is 0 Å². The van der Waals surface area contributed by atoms with E-state index in [2.05, 4.69) is 29.8 Å². The highest BCUT2D eigenvalue weighted by Gasteiger charge is 2.26. The first kappa shape index (κ1) is 18.6. The summed E-state index contributed by atoms with van der Waals surface area (Å²) < 4.78 is 6.03. The molecule has 10 heteroatoms. The third-order valence-corrected chi connectivity index (χ3v) is 6.11. The average molecular weight is 422 g/mol. The van der Waals surface area contributed by atoms with Crippen molar-refractivity contribution >= 4 is 27.4 Å². The first-order valence-corrected chi connectivity index (χ1v) is 10.3. The average Bonchev–Trinajstić information content (AvgIpc) is 3.40. The number of hydrogen-bond donors (Lipinski definition) is 2. The standard InChI is InChI=1S/C20H18N6O3S/c27-18-15(8-22-20(28)25-18)16-7-14-17(23-11-24-19(14)30-16)26-6-4-13(9-26)29-10-12-3-1-2-5-21-12/h1-3,5,7-8,11,13H,4,6,9-10H2,(H2,22,25,27,28). The molecule has 4 aromatic rings. The summed E-state index contributed by atoms with van der Waals surface area (Å²) in [6.07, 6.45) is 5.72. The molecule has 1 unspecified atom stereocenters. The van der Waals surface area contributed by atoms with Gasteiger partial charge in [0.2, 0.25) is 0 Å². The molecule has 0 spiro atoms. The van der Waals surface area contributed by atoms with Gasteiger partial charge in [-0.05, 0) is 24.6 Å². The Hall–Kier alpha value is -3.37. The zero-order chi connectivity index (χ0) is 20.5. The molecule has 1 saturated heterocycles. The topological polar surface area (TPSA) is 117 Å². The largest absolute Gasteiger partial charge is 0.370 e. The summed E-state index contributed by atoms with van der Waals surface area (Å²) in [6.45, 7) is 2.03.